The average Bonchev–Trinajstić information content (AvgIpc) is 2.68. The summed E-state index contributed by atoms with van der Waals surface area (Å²) < 4.78 is 5.27. The SMILES string of the molecule is Cc1nc(NC(=O)Nc2ccc(N(C)C)nc2)oc1C. The number of hydrogen-bond donors (Lipinski definition) is 2. The molecule has 20 heavy (non-hydrogen) atoms. The van der Waals surface area contributed by atoms with Gasteiger partial charge in [-0.2, -0.15) is 4.98 Å². The summed E-state index contributed by atoms with van der Waals surface area (Å²) in [5, 5.41) is 5.18. The van der Waals surface area contributed by atoms with Crippen molar-refractivity contribution in [2.75, 3.05) is 29.6 Å². The Hall–Kier alpha value is -2.57. The lowest BCUT2D eigenvalue weighted by molar-refractivity contribution is 0.261. The summed E-state index contributed by atoms with van der Waals surface area (Å²) in [5.41, 5.74) is 1.34. The summed E-state index contributed by atoms with van der Waals surface area (Å²) in [6, 6.07) is 3.34. The molecule has 0 unspecified atom stereocenters. The zero-order chi connectivity index (χ0) is 14.7. The van der Waals surface area contributed by atoms with E-state index in [2.05, 4.69) is 20.6 Å². The first-order chi connectivity index (χ1) is 9.45. The number of nitrogens with one attached hydrogen (secondary N) is 2. The quantitative estimate of drug-likeness (QED) is 0.898. The fourth-order valence-corrected chi connectivity index (χ4v) is 1.51. The van der Waals surface area contributed by atoms with Crippen molar-refractivity contribution in [2.45, 2.75) is 13.8 Å². The number of oxazole rings is 1. The monoisotopic (exact) mass is 275 g/mol. The molecule has 0 aromatic carbocycles. The second-order valence-corrected chi connectivity index (χ2v) is 4.54. The summed E-state index contributed by atoms with van der Waals surface area (Å²) in [6.07, 6.45) is 1.58. The van der Waals surface area contributed by atoms with Crippen molar-refractivity contribution in [1.29, 1.82) is 0 Å². The molecule has 0 saturated carbocycles. The van der Waals surface area contributed by atoms with E-state index in [1.165, 1.54) is 0 Å². The minimum absolute atomic E-state index is 0.176. The molecule has 0 bridgehead atoms. The fraction of sp³-hybridized carbons (Fsp3) is 0.308. The van der Waals surface area contributed by atoms with Crippen LogP contribution in [0.25, 0.3) is 0 Å². The van der Waals surface area contributed by atoms with Crippen molar-refractivity contribution >= 4 is 23.6 Å². The van der Waals surface area contributed by atoms with Crippen LogP contribution in [-0.4, -0.2) is 30.1 Å². The number of aromatic nitrogens is 2. The minimum atomic E-state index is -0.425. The Morgan fingerprint density at radius 1 is 1.25 bits per heavy atom. The Kier molecular flexibility index (Phi) is 3.88. The maximum atomic E-state index is 11.8. The van der Waals surface area contributed by atoms with Gasteiger partial charge in [-0.3, -0.25) is 5.32 Å². The molecule has 0 saturated heterocycles. The number of anilines is 3. The summed E-state index contributed by atoms with van der Waals surface area (Å²) in [4.78, 5) is 21.9. The van der Waals surface area contributed by atoms with Gasteiger partial charge in [0.15, 0.2) is 0 Å². The molecule has 2 aromatic rings. The third-order valence-corrected chi connectivity index (χ3v) is 2.71. The first-order valence-corrected chi connectivity index (χ1v) is 6.11. The lowest BCUT2D eigenvalue weighted by Gasteiger charge is -2.11. The standard InChI is InChI=1S/C13H17N5O2/c1-8-9(2)20-13(15-8)17-12(19)16-10-5-6-11(14-7-10)18(3)4/h5-7H,1-4H3,(H2,15,16,17,19). The molecular weight excluding hydrogens is 258 g/mol. The minimum Gasteiger partial charge on any atom is -0.428 e. The van der Waals surface area contributed by atoms with E-state index in [0.29, 0.717) is 11.4 Å². The van der Waals surface area contributed by atoms with Crippen LogP contribution in [0.5, 0.6) is 0 Å². The van der Waals surface area contributed by atoms with Crippen LogP contribution in [0.3, 0.4) is 0 Å². The van der Waals surface area contributed by atoms with Gasteiger partial charge in [-0.25, -0.2) is 9.78 Å². The highest BCUT2D eigenvalue weighted by molar-refractivity contribution is 5.98. The van der Waals surface area contributed by atoms with E-state index in [1.54, 1.807) is 19.2 Å². The number of carbonyl (C=O) groups is 1. The van der Waals surface area contributed by atoms with Crippen molar-refractivity contribution in [2.24, 2.45) is 0 Å². The Bertz CT molecular complexity index is 584. The predicted molar refractivity (Wildman–Crippen MR) is 77.2 cm³/mol. The van der Waals surface area contributed by atoms with Crippen LogP contribution in [-0.2, 0) is 0 Å². The summed E-state index contributed by atoms with van der Waals surface area (Å²) in [5.74, 6) is 1.49. The van der Waals surface area contributed by atoms with Gasteiger partial charge in [0.2, 0.25) is 0 Å². The topological polar surface area (TPSA) is 83.3 Å². The third kappa shape index (κ3) is 3.25. The number of carbonyl (C=O) groups excluding carboxylic acids is 1. The van der Waals surface area contributed by atoms with Gasteiger partial charge in [-0.05, 0) is 26.0 Å². The second-order valence-electron chi connectivity index (χ2n) is 4.54. The number of pyridine rings is 1. The average molecular weight is 275 g/mol. The second kappa shape index (κ2) is 5.60. The molecule has 2 amide bonds. The zero-order valence-electron chi connectivity index (χ0n) is 11.9. The van der Waals surface area contributed by atoms with Crippen LogP contribution >= 0.6 is 0 Å². The first-order valence-electron chi connectivity index (χ1n) is 6.11. The Labute approximate surface area is 117 Å². The zero-order valence-corrected chi connectivity index (χ0v) is 11.9. The van der Waals surface area contributed by atoms with Gasteiger partial charge in [0.25, 0.3) is 0 Å². The van der Waals surface area contributed by atoms with Crippen LogP contribution in [0.1, 0.15) is 11.5 Å². The summed E-state index contributed by atoms with van der Waals surface area (Å²) in [7, 11) is 3.80. The van der Waals surface area contributed by atoms with E-state index in [-0.39, 0.29) is 6.01 Å². The van der Waals surface area contributed by atoms with Crippen LogP contribution in [0.15, 0.2) is 22.7 Å². The largest absolute Gasteiger partial charge is 0.428 e. The van der Waals surface area contributed by atoms with Crippen LogP contribution in [0.4, 0.5) is 22.3 Å². The van der Waals surface area contributed by atoms with Gasteiger partial charge in [0.1, 0.15) is 11.6 Å². The van der Waals surface area contributed by atoms with Crippen molar-refractivity contribution in [3.8, 4) is 0 Å². The van der Waals surface area contributed by atoms with Gasteiger partial charge in [-0.1, -0.05) is 0 Å². The summed E-state index contributed by atoms with van der Waals surface area (Å²) >= 11 is 0. The molecule has 7 nitrogen and oxygen atoms in total. The third-order valence-electron chi connectivity index (χ3n) is 2.71. The molecule has 2 aromatic heterocycles. The van der Waals surface area contributed by atoms with Crippen molar-refractivity contribution < 1.29 is 9.21 Å². The van der Waals surface area contributed by atoms with Crippen molar-refractivity contribution in [1.82, 2.24) is 9.97 Å². The van der Waals surface area contributed by atoms with E-state index in [0.717, 1.165) is 11.5 Å². The summed E-state index contributed by atoms with van der Waals surface area (Å²) in [6.45, 7) is 3.60. The number of aryl methyl sites for hydroxylation is 2. The van der Waals surface area contributed by atoms with E-state index >= 15 is 0 Å². The molecule has 7 heteroatoms. The van der Waals surface area contributed by atoms with Crippen LogP contribution in [0.2, 0.25) is 0 Å². The number of rotatable bonds is 3. The number of hydrogen-bond acceptors (Lipinski definition) is 5. The highest BCUT2D eigenvalue weighted by Crippen LogP contribution is 2.14. The molecule has 2 rings (SSSR count). The number of urea groups is 1. The Morgan fingerprint density at radius 3 is 2.50 bits per heavy atom. The van der Waals surface area contributed by atoms with Gasteiger partial charge in [-0.15, -0.1) is 0 Å². The Balaban J connectivity index is 1.97. The molecule has 0 fully saturated rings. The highest BCUT2D eigenvalue weighted by Gasteiger charge is 2.09. The molecule has 0 aliphatic heterocycles. The van der Waals surface area contributed by atoms with Crippen molar-refractivity contribution in [3.63, 3.8) is 0 Å². The molecule has 106 valence electrons. The molecule has 2 heterocycles. The predicted octanol–water partition coefficient (Wildman–Crippen LogP) is 2.40. The Morgan fingerprint density at radius 2 is 2.00 bits per heavy atom. The molecule has 0 aliphatic carbocycles. The van der Waals surface area contributed by atoms with Crippen molar-refractivity contribution in [3.05, 3.63) is 29.8 Å². The molecule has 0 aliphatic rings. The van der Waals surface area contributed by atoms with Gasteiger partial charge < -0.3 is 14.6 Å². The van der Waals surface area contributed by atoms with E-state index in [4.69, 9.17) is 4.42 Å². The van der Waals surface area contributed by atoms with Crippen LogP contribution < -0.4 is 15.5 Å². The van der Waals surface area contributed by atoms with E-state index < -0.39 is 6.03 Å². The maximum Gasteiger partial charge on any atom is 0.327 e. The van der Waals surface area contributed by atoms with Gasteiger partial charge in [0, 0.05) is 14.1 Å². The molecular formula is C13H17N5O2. The molecule has 0 radical (unpaired) electrons. The fourth-order valence-electron chi connectivity index (χ4n) is 1.51. The highest BCUT2D eigenvalue weighted by atomic mass is 16.4. The molecule has 0 atom stereocenters. The lowest BCUT2D eigenvalue weighted by Crippen LogP contribution is -2.20. The normalized spacial score (nSPS) is 10.2. The molecule has 2 N–H and O–H groups in total. The molecule has 0 spiro atoms. The number of nitrogens with zero attached hydrogens (tertiary/aromatic N) is 3. The number of amides is 2. The first kappa shape index (κ1) is 13.9. The lowest BCUT2D eigenvalue weighted by atomic mass is 10.4. The van der Waals surface area contributed by atoms with E-state index in [9.17, 15) is 4.79 Å². The van der Waals surface area contributed by atoms with Gasteiger partial charge in [0.05, 0.1) is 17.6 Å². The smallest absolute Gasteiger partial charge is 0.327 e. The van der Waals surface area contributed by atoms with Crippen LogP contribution in [0, 0.1) is 13.8 Å². The van der Waals surface area contributed by atoms with E-state index in [1.807, 2.05) is 32.0 Å². The van der Waals surface area contributed by atoms with Gasteiger partial charge >= 0.3 is 12.0 Å². The maximum absolute atomic E-state index is 11.8.